The molecule has 0 fully saturated rings. The van der Waals surface area contributed by atoms with Gasteiger partial charge in [-0.25, -0.2) is 0 Å². The van der Waals surface area contributed by atoms with Crippen LogP contribution in [0.25, 0.3) is 0 Å². The predicted octanol–water partition coefficient (Wildman–Crippen LogP) is 2.83. The van der Waals surface area contributed by atoms with Crippen LogP contribution in [-0.2, 0) is 9.53 Å². The van der Waals surface area contributed by atoms with Crippen molar-refractivity contribution in [1.29, 1.82) is 0 Å². The van der Waals surface area contributed by atoms with E-state index >= 15 is 0 Å². The number of hydrogen-bond acceptors (Lipinski definition) is 2. The van der Waals surface area contributed by atoms with Crippen LogP contribution < -0.4 is 0 Å². The van der Waals surface area contributed by atoms with Gasteiger partial charge in [0, 0.05) is 6.92 Å². The van der Waals surface area contributed by atoms with Gasteiger partial charge in [-0.2, -0.15) is 0 Å². The maximum absolute atomic E-state index is 10.8. The van der Waals surface area contributed by atoms with E-state index in [-0.39, 0.29) is 12.1 Å². The van der Waals surface area contributed by atoms with E-state index in [1.54, 1.807) is 0 Å². The fraction of sp³-hybridized carbons (Fsp3) is 0.727. The number of carbonyl (C=O) groups excluding carboxylic acids is 1. The third-order valence-corrected chi connectivity index (χ3v) is 2.42. The Morgan fingerprint density at radius 3 is 3.00 bits per heavy atom. The zero-order valence-electron chi connectivity index (χ0n) is 8.51. The van der Waals surface area contributed by atoms with Gasteiger partial charge in [0.05, 0.1) is 0 Å². The van der Waals surface area contributed by atoms with Crippen molar-refractivity contribution in [1.82, 2.24) is 0 Å². The molecular formula is C11H18O2. The highest BCUT2D eigenvalue weighted by Crippen LogP contribution is 2.19. The number of ether oxygens (including phenoxy) is 1. The van der Waals surface area contributed by atoms with Gasteiger partial charge in [0.2, 0.25) is 0 Å². The summed E-state index contributed by atoms with van der Waals surface area (Å²) in [4.78, 5) is 10.8. The zero-order valence-corrected chi connectivity index (χ0v) is 8.51. The minimum absolute atomic E-state index is 0.146. The molecule has 0 bridgehead atoms. The van der Waals surface area contributed by atoms with Crippen LogP contribution in [0.4, 0.5) is 0 Å². The topological polar surface area (TPSA) is 26.3 Å². The molecule has 0 heterocycles. The fourth-order valence-electron chi connectivity index (χ4n) is 1.68. The Kier molecular flexibility index (Phi) is 4.00. The summed E-state index contributed by atoms with van der Waals surface area (Å²) in [6.45, 7) is 3.64. The number of carbonyl (C=O) groups is 1. The predicted molar refractivity (Wildman–Crippen MR) is 52.4 cm³/mol. The van der Waals surface area contributed by atoms with Crippen molar-refractivity contribution in [2.45, 2.75) is 52.1 Å². The second-order valence-electron chi connectivity index (χ2n) is 3.75. The molecule has 0 aromatic carbocycles. The van der Waals surface area contributed by atoms with E-state index in [4.69, 9.17) is 4.74 Å². The average molecular weight is 182 g/mol. The molecule has 1 atom stereocenters. The highest BCUT2D eigenvalue weighted by molar-refractivity contribution is 5.66. The van der Waals surface area contributed by atoms with Crippen LogP contribution in [0, 0.1) is 0 Å². The SMILES string of the molecule is CC(=O)OC1CCCC=C(C)CC1. The van der Waals surface area contributed by atoms with Gasteiger partial charge < -0.3 is 4.74 Å². The Hall–Kier alpha value is -0.790. The smallest absolute Gasteiger partial charge is 0.302 e. The molecule has 0 aromatic rings. The quantitative estimate of drug-likeness (QED) is 0.460. The Labute approximate surface area is 80.0 Å². The molecule has 1 aliphatic rings. The first-order chi connectivity index (χ1) is 6.18. The Bertz CT molecular complexity index is 206. The Morgan fingerprint density at radius 2 is 2.31 bits per heavy atom. The van der Waals surface area contributed by atoms with E-state index in [1.807, 2.05) is 0 Å². The van der Waals surface area contributed by atoms with Gasteiger partial charge in [-0.1, -0.05) is 11.6 Å². The third-order valence-electron chi connectivity index (χ3n) is 2.42. The fourth-order valence-corrected chi connectivity index (χ4v) is 1.68. The first-order valence-electron chi connectivity index (χ1n) is 5.01. The lowest BCUT2D eigenvalue weighted by Crippen LogP contribution is -2.17. The van der Waals surface area contributed by atoms with Gasteiger partial charge >= 0.3 is 5.97 Å². The average Bonchev–Trinajstić information content (AvgIpc) is 2.03. The van der Waals surface area contributed by atoms with Crippen molar-refractivity contribution in [3.63, 3.8) is 0 Å². The molecule has 0 saturated carbocycles. The number of hydrogen-bond donors (Lipinski definition) is 0. The van der Waals surface area contributed by atoms with Crippen LogP contribution >= 0.6 is 0 Å². The lowest BCUT2D eigenvalue weighted by atomic mass is 9.99. The molecule has 74 valence electrons. The van der Waals surface area contributed by atoms with Crippen molar-refractivity contribution >= 4 is 5.97 Å². The van der Waals surface area contributed by atoms with E-state index in [0.717, 1.165) is 32.1 Å². The molecular weight excluding hydrogens is 164 g/mol. The molecule has 1 unspecified atom stereocenters. The minimum atomic E-state index is -0.146. The minimum Gasteiger partial charge on any atom is -0.463 e. The van der Waals surface area contributed by atoms with Crippen molar-refractivity contribution in [2.24, 2.45) is 0 Å². The highest BCUT2D eigenvalue weighted by Gasteiger charge is 2.13. The van der Waals surface area contributed by atoms with E-state index in [9.17, 15) is 4.79 Å². The first-order valence-corrected chi connectivity index (χ1v) is 5.01. The third kappa shape index (κ3) is 4.11. The highest BCUT2D eigenvalue weighted by atomic mass is 16.5. The molecule has 0 saturated heterocycles. The summed E-state index contributed by atoms with van der Waals surface area (Å²) in [5, 5.41) is 0. The summed E-state index contributed by atoms with van der Waals surface area (Å²) in [5.41, 5.74) is 1.43. The van der Waals surface area contributed by atoms with Crippen molar-refractivity contribution < 1.29 is 9.53 Å². The van der Waals surface area contributed by atoms with Gasteiger partial charge in [-0.3, -0.25) is 4.79 Å². The summed E-state index contributed by atoms with van der Waals surface area (Å²) in [6, 6.07) is 0. The second-order valence-corrected chi connectivity index (χ2v) is 3.75. The van der Waals surface area contributed by atoms with Crippen LogP contribution in [0.1, 0.15) is 46.0 Å². The van der Waals surface area contributed by atoms with Crippen molar-refractivity contribution in [3.05, 3.63) is 11.6 Å². The van der Waals surface area contributed by atoms with Gasteiger partial charge in [0.25, 0.3) is 0 Å². The van der Waals surface area contributed by atoms with Gasteiger partial charge in [0.15, 0.2) is 0 Å². The molecule has 2 nitrogen and oxygen atoms in total. The summed E-state index contributed by atoms with van der Waals surface area (Å²) >= 11 is 0. The lowest BCUT2D eigenvalue weighted by Gasteiger charge is -2.18. The zero-order chi connectivity index (χ0) is 9.68. The molecule has 1 rings (SSSR count). The first kappa shape index (κ1) is 10.3. The van der Waals surface area contributed by atoms with Crippen LogP contribution in [0.3, 0.4) is 0 Å². The molecule has 2 heteroatoms. The molecule has 0 radical (unpaired) electrons. The van der Waals surface area contributed by atoms with E-state index in [2.05, 4.69) is 13.0 Å². The van der Waals surface area contributed by atoms with Crippen LogP contribution in [0.2, 0.25) is 0 Å². The summed E-state index contributed by atoms with van der Waals surface area (Å²) in [5.74, 6) is -0.146. The van der Waals surface area contributed by atoms with E-state index < -0.39 is 0 Å². The van der Waals surface area contributed by atoms with E-state index in [1.165, 1.54) is 12.5 Å². The van der Waals surface area contributed by atoms with Crippen molar-refractivity contribution in [2.75, 3.05) is 0 Å². The normalized spacial score (nSPS) is 24.2. The maximum Gasteiger partial charge on any atom is 0.302 e. The summed E-state index contributed by atoms with van der Waals surface area (Å²) in [6.07, 6.45) is 7.78. The Balaban J connectivity index is 2.40. The van der Waals surface area contributed by atoms with Crippen LogP contribution in [0.5, 0.6) is 0 Å². The molecule has 0 aromatic heterocycles. The second kappa shape index (κ2) is 5.05. The van der Waals surface area contributed by atoms with E-state index in [0.29, 0.717) is 0 Å². The van der Waals surface area contributed by atoms with Gasteiger partial charge in [-0.15, -0.1) is 0 Å². The Morgan fingerprint density at radius 1 is 1.54 bits per heavy atom. The van der Waals surface area contributed by atoms with Crippen LogP contribution in [-0.4, -0.2) is 12.1 Å². The number of rotatable bonds is 1. The monoisotopic (exact) mass is 182 g/mol. The number of allylic oxidation sites excluding steroid dienone is 2. The maximum atomic E-state index is 10.8. The summed E-state index contributed by atoms with van der Waals surface area (Å²) in [7, 11) is 0. The molecule has 0 amide bonds. The molecule has 0 N–H and O–H groups in total. The molecule has 0 spiro atoms. The van der Waals surface area contributed by atoms with Gasteiger partial charge in [-0.05, 0) is 39.0 Å². The van der Waals surface area contributed by atoms with Gasteiger partial charge in [0.1, 0.15) is 6.10 Å². The molecule has 0 aliphatic heterocycles. The molecule has 13 heavy (non-hydrogen) atoms. The standard InChI is InChI=1S/C11H18O2/c1-9-5-3-4-6-11(8-7-9)13-10(2)12/h5,11H,3-4,6-8H2,1-2H3. The van der Waals surface area contributed by atoms with Crippen molar-refractivity contribution in [3.8, 4) is 0 Å². The summed E-state index contributed by atoms with van der Waals surface area (Å²) < 4.78 is 5.21. The number of esters is 1. The lowest BCUT2D eigenvalue weighted by molar-refractivity contribution is -0.147. The molecule has 1 aliphatic carbocycles. The van der Waals surface area contributed by atoms with Crippen LogP contribution in [0.15, 0.2) is 11.6 Å². The largest absolute Gasteiger partial charge is 0.463 e.